The average Bonchev–Trinajstić information content (AvgIpc) is 3.30. The highest BCUT2D eigenvalue weighted by atomic mass is 35.5. The molecule has 0 aliphatic carbocycles. The second-order valence-electron chi connectivity index (χ2n) is 6.12. The van der Waals surface area contributed by atoms with E-state index in [0.29, 0.717) is 27.1 Å². The van der Waals surface area contributed by atoms with Crippen molar-refractivity contribution in [2.45, 2.75) is 11.9 Å². The van der Waals surface area contributed by atoms with E-state index in [1.165, 1.54) is 23.6 Å². The molecular formula is C18H13Cl2N5O2S2. The molecule has 0 spiro atoms. The van der Waals surface area contributed by atoms with Crippen LogP contribution in [0.5, 0.6) is 0 Å². The van der Waals surface area contributed by atoms with Crippen LogP contribution in [-0.4, -0.2) is 28.2 Å². The summed E-state index contributed by atoms with van der Waals surface area (Å²) in [6.07, 6.45) is 3.13. The largest absolute Gasteiger partial charge is 0.255 e. The summed E-state index contributed by atoms with van der Waals surface area (Å²) in [5, 5.41) is 10.4. The molecule has 0 atom stereocenters. The molecule has 29 heavy (non-hydrogen) atoms. The number of pyridine rings is 1. The van der Waals surface area contributed by atoms with E-state index >= 15 is 0 Å². The van der Waals surface area contributed by atoms with Gasteiger partial charge in [-0.2, -0.15) is 5.10 Å². The molecule has 0 saturated heterocycles. The Morgan fingerprint density at radius 3 is 2.52 bits per heavy atom. The summed E-state index contributed by atoms with van der Waals surface area (Å²) in [6.45, 7) is 1.78. The SMILES string of the molecule is Cc1nn(-c2ccc(S(N)(=O)=O)nc2)c(-c2ccc(-c3cncs3)c(Cl)c2)c1Cl. The van der Waals surface area contributed by atoms with Gasteiger partial charge in [-0.1, -0.05) is 35.3 Å². The number of rotatable bonds is 4. The maximum atomic E-state index is 11.4. The quantitative estimate of drug-likeness (QED) is 0.483. The van der Waals surface area contributed by atoms with Gasteiger partial charge in [0.1, 0.15) is 0 Å². The second-order valence-corrected chi connectivity index (χ2v) is 9.30. The van der Waals surface area contributed by atoms with Crippen molar-refractivity contribution in [3.8, 4) is 27.4 Å². The number of sulfonamides is 1. The topological polar surface area (TPSA) is 104 Å². The average molecular weight is 466 g/mol. The van der Waals surface area contributed by atoms with Gasteiger partial charge in [0, 0.05) is 22.3 Å². The highest BCUT2D eigenvalue weighted by Crippen LogP contribution is 2.38. The summed E-state index contributed by atoms with van der Waals surface area (Å²) in [5.74, 6) is 0. The maximum Gasteiger partial charge on any atom is 0.255 e. The zero-order valence-corrected chi connectivity index (χ0v) is 18.0. The Morgan fingerprint density at radius 2 is 1.93 bits per heavy atom. The number of aryl methyl sites for hydroxylation is 1. The predicted octanol–water partition coefficient (Wildman–Crippen LogP) is 4.32. The zero-order valence-electron chi connectivity index (χ0n) is 14.9. The minimum absolute atomic E-state index is 0.227. The van der Waals surface area contributed by atoms with Gasteiger partial charge in [0.15, 0.2) is 5.03 Å². The second kappa shape index (κ2) is 7.51. The van der Waals surface area contributed by atoms with E-state index < -0.39 is 10.0 Å². The number of aromatic nitrogens is 4. The van der Waals surface area contributed by atoms with Gasteiger partial charge in [0.25, 0.3) is 10.0 Å². The number of halogens is 2. The molecule has 0 amide bonds. The molecule has 0 aliphatic rings. The normalized spacial score (nSPS) is 11.7. The Kier molecular flexibility index (Phi) is 5.18. The Morgan fingerprint density at radius 1 is 1.14 bits per heavy atom. The first-order chi connectivity index (χ1) is 13.8. The van der Waals surface area contributed by atoms with Crippen LogP contribution in [-0.2, 0) is 10.0 Å². The summed E-state index contributed by atoms with van der Waals surface area (Å²) in [6, 6.07) is 8.48. The van der Waals surface area contributed by atoms with Crippen LogP contribution in [0.1, 0.15) is 5.69 Å². The minimum atomic E-state index is -3.89. The lowest BCUT2D eigenvalue weighted by atomic mass is 10.1. The van der Waals surface area contributed by atoms with Crippen LogP contribution in [0.4, 0.5) is 0 Å². The third-order valence-corrected chi connectivity index (χ3v) is 6.58. The highest BCUT2D eigenvalue weighted by molar-refractivity contribution is 7.89. The van der Waals surface area contributed by atoms with Crippen molar-refractivity contribution in [1.29, 1.82) is 0 Å². The number of hydrogen-bond donors (Lipinski definition) is 1. The predicted molar refractivity (Wildman–Crippen MR) is 114 cm³/mol. The molecule has 4 aromatic rings. The van der Waals surface area contributed by atoms with Gasteiger partial charge in [-0.3, -0.25) is 4.98 Å². The molecule has 0 radical (unpaired) electrons. The molecule has 3 aromatic heterocycles. The van der Waals surface area contributed by atoms with Crippen LogP contribution in [0.25, 0.3) is 27.4 Å². The smallest absolute Gasteiger partial charge is 0.252 e. The van der Waals surface area contributed by atoms with Crippen molar-refractivity contribution in [2.75, 3.05) is 0 Å². The standard InChI is InChI=1S/C18H13Cl2N5O2S2/c1-10-17(20)18(11-2-4-13(14(19)6-11)15-8-22-9-28-15)25(24-10)12-3-5-16(23-7-12)29(21,26)27/h2-9H,1H3,(H2,21,26,27). The molecule has 1 aromatic carbocycles. The van der Waals surface area contributed by atoms with Gasteiger partial charge in [0.05, 0.1) is 38.7 Å². The van der Waals surface area contributed by atoms with Crippen molar-refractivity contribution < 1.29 is 8.42 Å². The van der Waals surface area contributed by atoms with Crippen molar-refractivity contribution in [2.24, 2.45) is 5.14 Å². The summed E-state index contributed by atoms with van der Waals surface area (Å²) in [7, 11) is -3.89. The first-order valence-electron chi connectivity index (χ1n) is 8.19. The lowest BCUT2D eigenvalue weighted by Crippen LogP contribution is -2.14. The third kappa shape index (κ3) is 3.79. The van der Waals surface area contributed by atoms with Crippen LogP contribution in [0, 0.1) is 6.92 Å². The van der Waals surface area contributed by atoms with E-state index in [2.05, 4.69) is 15.1 Å². The summed E-state index contributed by atoms with van der Waals surface area (Å²) in [4.78, 5) is 8.96. The van der Waals surface area contributed by atoms with Crippen LogP contribution in [0.15, 0.2) is 53.3 Å². The zero-order chi connectivity index (χ0) is 20.8. The van der Waals surface area contributed by atoms with Crippen LogP contribution in [0.2, 0.25) is 10.0 Å². The van der Waals surface area contributed by atoms with Crippen LogP contribution in [0.3, 0.4) is 0 Å². The summed E-state index contributed by atoms with van der Waals surface area (Å²) >= 11 is 14.5. The molecule has 4 rings (SSSR count). The van der Waals surface area contributed by atoms with Crippen molar-refractivity contribution in [1.82, 2.24) is 19.7 Å². The first-order valence-corrected chi connectivity index (χ1v) is 11.4. The molecule has 2 N–H and O–H groups in total. The monoisotopic (exact) mass is 465 g/mol. The molecule has 0 fully saturated rings. The van der Waals surface area contributed by atoms with E-state index in [1.54, 1.807) is 29.4 Å². The Hall–Kier alpha value is -2.30. The fourth-order valence-electron chi connectivity index (χ4n) is 2.82. The molecule has 0 unspecified atom stereocenters. The van der Waals surface area contributed by atoms with E-state index in [-0.39, 0.29) is 5.03 Å². The van der Waals surface area contributed by atoms with Gasteiger partial charge in [-0.05, 0) is 25.1 Å². The van der Waals surface area contributed by atoms with E-state index in [9.17, 15) is 8.42 Å². The molecule has 0 bridgehead atoms. The Balaban J connectivity index is 1.83. The number of benzene rings is 1. The van der Waals surface area contributed by atoms with Crippen LogP contribution < -0.4 is 5.14 Å². The summed E-state index contributed by atoms with van der Waals surface area (Å²) < 4.78 is 24.5. The lowest BCUT2D eigenvalue weighted by Gasteiger charge is -2.10. The van der Waals surface area contributed by atoms with Crippen molar-refractivity contribution in [3.05, 3.63) is 64.0 Å². The minimum Gasteiger partial charge on any atom is -0.252 e. The molecule has 148 valence electrons. The highest BCUT2D eigenvalue weighted by Gasteiger charge is 2.19. The first kappa shape index (κ1) is 20.0. The molecule has 3 heterocycles. The van der Waals surface area contributed by atoms with Gasteiger partial charge in [-0.25, -0.2) is 23.2 Å². The van der Waals surface area contributed by atoms with Gasteiger partial charge in [0.2, 0.25) is 0 Å². The third-order valence-electron chi connectivity index (χ3n) is 4.18. The molecule has 11 heteroatoms. The van der Waals surface area contributed by atoms with Crippen molar-refractivity contribution in [3.63, 3.8) is 0 Å². The summed E-state index contributed by atoms with van der Waals surface area (Å²) in [5.41, 5.74) is 5.13. The van der Waals surface area contributed by atoms with E-state index in [0.717, 1.165) is 16.0 Å². The fraction of sp³-hybridized carbons (Fsp3) is 0.0556. The molecule has 0 aliphatic heterocycles. The molecular weight excluding hydrogens is 453 g/mol. The fourth-order valence-corrected chi connectivity index (χ4v) is 4.51. The van der Waals surface area contributed by atoms with E-state index in [4.69, 9.17) is 28.3 Å². The number of primary sulfonamides is 1. The van der Waals surface area contributed by atoms with Crippen molar-refractivity contribution >= 4 is 44.6 Å². The molecule has 7 nitrogen and oxygen atoms in total. The Labute approximate surface area is 180 Å². The van der Waals surface area contributed by atoms with Gasteiger partial charge >= 0.3 is 0 Å². The number of hydrogen-bond acceptors (Lipinski definition) is 6. The molecule has 0 saturated carbocycles. The Bertz CT molecular complexity index is 1300. The number of nitrogens with zero attached hydrogens (tertiary/aromatic N) is 4. The van der Waals surface area contributed by atoms with Gasteiger partial charge < -0.3 is 0 Å². The maximum absolute atomic E-state index is 11.4. The lowest BCUT2D eigenvalue weighted by molar-refractivity contribution is 0.594. The number of nitrogens with two attached hydrogens (primary N) is 1. The number of thiazole rings is 1. The van der Waals surface area contributed by atoms with Crippen LogP contribution >= 0.6 is 34.5 Å². The van der Waals surface area contributed by atoms with E-state index in [1.807, 2.05) is 18.2 Å². The van der Waals surface area contributed by atoms with Gasteiger partial charge in [-0.15, -0.1) is 11.3 Å².